The summed E-state index contributed by atoms with van der Waals surface area (Å²) in [5.41, 5.74) is 2.12. The first-order chi connectivity index (χ1) is 7.50. The standard InChI is InChI=1S/C11H15NO3S/c1-16(14,15)11-3-2-8-4-10(7-13)12-6-9(8)5-11/h2-3,5,10,12-13H,4,6-7H2,1H3/t10-/m1/s1. The molecule has 0 radical (unpaired) electrons. The van der Waals surface area contributed by atoms with Crippen LogP contribution in [0.4, 0.5) is 0 Å². The van der Waals surface area contributed by atoms with Crippen LogP contribution in [-0.2, 0) is 22.8 Å². The molecular weight excluding hydrogens is 226 g/mol. The van der Waals surface area contributed by atoms with Gasteiger partial charge in [-0.2, -0.15) is 0 Å². The van der Waals surface area contributed by atoms with Gasteiger partial charge in [0.05, 0.1) is 11.5 Å². The predicted molar refractivity (Wildman–Crippen MR) is 61.0 cm³/mol. The van der Waals surface area contributed by atoms with E-state index in [1.807, 2.05) is 6.07 Å². The van der Waals surface area contributed by atoms with Gasteiger partial charge in [0.1, 0.15) is 0 Å². The van der Waals surface area contributed by atoms with Crippen molar-refractivity contribution >= 4 is 9.84 Å². The third-order valence-electron chi connectivity index (χ3n) is 2.87. The summed E-state index contributed by atoms with van der Waals surface area (Å²) in [7, 11) is -3.13. The van der Waals surface area contributed by atoms with Gasteiger partial charge in [0.15, 0.2) is 9.84 Å². The Morgan fingerprint density at radius 3 is 2.81 bits per heavy atom. The van der Waals surface area contributed by atoms with E-state index in [1.54, 1.807) is 12.1 Å². The fourth-order valence-electron chi connectivity index (χ4n) is 1.92. The molecule has 2 rings (SSSR count). The Balaban J connectivity index is 2.35. The molecule has 0 fully saturated rings. The molecule has 88 valence electrons. The maximum Gasteiger partial charge on any atom is 0.175 e. The van der Waals surface area contributed by atoms with Crippen LogP contribution in [0.25, 0.3) is 0 Å². The van der Waals surface area contributed by atoms with Crippen molar-refractivity contribution in [1.29, 1.82) is 0 Å². The molecule has 16 heavy (non-hydrogen) atoms. The van der Waals surface area contributed by atoms with E-state index in [2.05, 4.69) is 5.32 Å². The molecule has 0 saturated carbocycles. The van der Waals surface area contributed by atoms with Crippen molar-refractivity contribution in [1.82, 2.24) is 5.32 Å². The van der Waals surface area contributed by atoms with Crippen molar-refractivity contribution < 1.29 is 13.5 Å². The molecule has 5 heteroatoms. The van der Waals surface area contributed by atoms with Crippen LogP contribution < -0.4 is 5.32 Å². The SMILES string of the molecule is CS(=O)(=O)c1ccc2c(c1)CN[C@@H](CO)C2. The van der Waals surface area contributed by atoms with Gasteiger partial charge < -0.3 is 10.4 Å². The van der Waals surface area contributed by atoms with Crippen LogP contribution in [-0.4, -0.2) is 32.4 Å². The largest absolute Gasteiger partial charge is 0.395 e. The highest BCUT2D eigenvalue weighted by atomic mass is 32.2. The van der Waals surface area contributed by atoms with Gasteiger partial charge in [-0.25, -0.2) is 8.42 Å². The number of hydrogen-bond acceptors (Lipinski definition) is 4. The van der Waals surface area contributed by atoms with Crippen molar-refractivity contribution in [3.05, 3.63) is 29.3 Å². The Morgan fingerprint density at radius 1 is 1.44 bits per heavy atom. The van der Waals surface area contributed by atoms with E-state index in [0.717, 1.165) is 17.5 Å². The lowest BCUT2D eigenvalue weighted by Gasteiger charge is -2.24. The van der Waals surface area contributed by atoms with Crippen LogP contribution >= 0.6 is 0 Å². The predicted octanol–water partition coefficient (Wildman–Crippen LogP) is 0.0967. The summed E-state index contributed by atoms with van der Waals surface area (Å²) >= 11 is 0. The van der Waals surface area contributed by atoms with E-state index in [1.165, 1.54) is 6.26 Å². The average Bonchev–Trinajstić information content (AvgIpc) is 2.26. The highest BCUT2D eigenvalue weighted by Gasteiger charge is 2.18. The number of fused-ring (bicyclic) bond motifs is 1. The van der Waals surface area contributed by atoms with E-state index < -0.39 is 9.84 Å². The molecule has 4 nitrogen and oxygen atoms in total. The van der Waals surface area contributed by atoms with Gasteiger partial charge >= 0.3 is 0 Å². The highest BCUT2D eigenvalue weighted by molar-refractivity contribution is 7.90. The molecule has 1 heterocycles. The molecular formula is C11H15NO3S. The van der Waals surface area contributed by atoms with Crippen LogP contribution in [0.3, 0.4) is 0 Å². The molecule has 1 atom stereocenters. The van der Waals surface area contributed by atoms with Crippen molar-refractivity contribution in [2.45, 2.75) is 23.9 Å². The van der Waals surface area contributed by atoms with Gasteiger partial charge in [0.25, 0.3) is 0 Å². The third kappa shape index (κ3) is 2.26. The Bertz CT molecular complexity index is 496. The normalized spacial score (nSPS) is 20.5. The first-order valence-corrected chi connectivity index (χ1v) is 7.06. The second-order valence-corrected chi connectivity index (χ2v) is 6.18. The lowest BCUT2D eigenvalue weighted by atomic mass is 9.96. The number of aliphatic hydroxyl groups excluding tert-OH is 1. The number of nitrogens with one attached hydrogen (secondary N) is 1. The molecule has 1 aliphatic heterocycles. The topological polar surface area (TPSA) is 66.4 Å². The first-order valence-electron chi connectivity index (χ1n) is 5.17. The average molecular weight is 241 g/mol. The zero-order valence-electron chi connectivity index (χ0n) is 9.10. The van der Waals surface area contributed by atoms with Gasteiger partial charge in [-0.05, 0) is 29.7 Å². The van der Waals surface area contributed by atoms with E-state index in [4.69, 9.17) is 5.11 Å². The summed E-state index contributed by atoms with van der Waals surface area (Å²) in [5, 5.41) is 12.2. The summed E-state index contributed by atoms with van der Waals surface area (Å²) < 4.78 is 22.8. The lowest BCUT2D eigenvalue weighted by molar-refractivity contribution is 0.236. The van der Waals surface area contributed by atoms with Gasteiger partial charge in [-0.1, -0.05) is 6.07 Å². The molecule has 0 saturated heterocycles. The Hall–Kier alpha value is -0.910. The Kier molecular flexibility index (Phi) is 3.01. The summed E-state index contributed by atoms with van der Waals surface area (Å²) in [6.45, 7) is 0.719. The van der Waals surface area contributed by atoms with Crippen LogP contribution in [0.5, 0.6) is 0 Å². The van der Waals surface area contributed by atoms with Crippen LogP contribution in [0.15, 0.2) is 23.1 Å². The van der Waals surface area contributed by atoms with Crippen LogP contribution in [0, 0.1) is 0 Å². The molecule has 0 aromatic heterocycles. The fourth-order valence-corrected chi connectivity index (χ4v) is 2.59. The van der Waals surface area contributed by atoms with Gasteiger partial charge in [0, 0.05) is 18.8 Å². The molecule has 1 aliphatic rings. The summed E-state index contributed by atoms with van der Waals surface area (Å²) in [4.78, 5) is 0.357. The summed E-state index contributed by atoms with van der Waals surface area (Å²) in [5.74, 6) is 0. The van der Waals surface area contributed by atoms with Crippen molar-refractivity contribution in [3.8, 4) is 0 Å². The Labute approximate surface area is 95.2 Å². The zero-order valence-corrected chi connectivity index (χ0v) is 9.92. The van der Waals surface area contributed by atoms with Crippen molar-refractivity contribution in [2.24, 2.45) is 0 Å². The lowest BCUT2D eigenvalue weighted by Crippen LogP contribution is -2.38. The summed E-state index contributed by atoms with van der Waals surface area (Å²) in [6, 6.07) is 5.27. The number of benzene rings is 1. The van der Waals surface area contributed by atoms with Crippen molar-refractivity contribution in [2.75, 3.05) is 12.9 Å². The minimum absolute atomic E-state index is 0.0802. The van der Waals surface area contributed by atoms with Crippen LogP contribution in [0.2, 0.25) is 0 Å². The molecule has 0 amide bonds. The van der Waals surface area contributed by atoms with Crippen LogP contribution in [0.1, 0.15) is 11.1 Å². The number of aliphatic hydroxyl groups is 1. The summed E-state index contributed by atoms with van der Waals surface area (Å²) in [6.07, 6.45) is 1.96. The molecule has 0 aliphatic carbocycles. The first kappa shape index (κ1) is 11.6. The number of hydrogen-bond donors (Lipinski definition) is 2. The smallest absolute Gasteiger partial charge is 0.175 e. The van der Waals surface area contributed by atoms with E-state index in [-0.39, 0.29) is 12.6 Å². The second kappa shape index (κ2) is 4.16. The van der Waals surface area contributed by atoms with Gasteiger partial charge in [-0.3, -0.25) is 0 Å². The van der Waals surface area contributed by atoms with E-state index in [9.17, 15) is 8.42 Å². The maximum absolute atomic E-state index is 11.4. The monoisotopic (exact) mass is 241 g/mol. The molecule has 1 aromatic carbocycles. The number of sulfone groups is 1. The number of rotatable bonds is 2. The molecule has 0 unspecified atom stereocenters. The quantitative estimate of drug-likeness (QED) is 0.770. The second-order valence-electron chi connectivity index (χ2n) is 4.17. The minimum atomic E-state index is -3.13. The molecule has 0 bridgehead atoms. The fraction of sp³-hybridized carbons (Fsp3) is 0.455. The minimum Gasteiger partial charge on any atom is -0.395 e. The van der Waals surface area contributed by atoms with E-state index in [0.29, 0.717) is 11.4 Å². The maximum atomic E-state index is 11.4. The molecule has 0 spiro atoms. The third-order valence-corrected chi connectivity index (χ3v) is 3.98. The van der Waals surface area contributed by atoms with Gasteiger partial charge in [-0.15, -0.1) is 0 Å². The Morgan fingerprint density at radius 2 is 2.19 bits per heavy atom. The molecule has 2 N–H and O–H groups in total. The van der Waals surface area contributed by atoms with E-state index >= 15 is 0 Å². The highest BCUT2D eigenvalue weighted by Crippen LogP contribution is 2.20. The van der Waals surface area contributed by atoms with Crippen molar-refractivity contribution in [3.63, 3.8) is 0 Å². The zero-order chi connectivity index (χ0) is 11.8. The molecule has 1 aromatic rings. The van der Waals surface area contributed by atoms with Gasteiger partial charge in [0.2, 0.25) is 0 Å².